The van der Waals surface area contributed by atoms with Gasteiger partial charge < -0.3 is 9.84 Å². The van der Waals surface area contributed by atoms with Crippen molar-refractivity contribution in [2.75, 3.05) is 5.75 Å². The summed E-state index contributed by atoms with van der Waals surface area (Å²) in [6.07, 6.45) is -1.07. The van der Waals surface area contributed by atoms with Gasteiger partial charge in [-0.3, -0.25) is 0 Å². The Morgan fingerprint density at radius 2 is 1.84 bits per heavy atom. The Morgan fingerprint density at radius 3 is 2.40 bits per heavy atom. The van der Waals surface area contributed by atoms with Crippen molar-refractivity contribution in [1.29, 1.82) is 0 Å². The molecule has 25 heavy (non-hydrogen) atoms. The SMILES string of the molecule is CCS(=O)(=O)c1ccc(-c2cc(Cl)ccc2O[C@@H](C)C(=O)O)c(Cl)c1. The number of carboxylic acid groups (broad SMARTS) is 1. The van der Waals surface area contributed by atoms with Gasteiger partial charge in [0.05, 0.1) is 10.6 Å². The molecule has 0 unspecified atom stereocenters. The average molecular weight is 403 g/mol. The molecule has 5 nitrogen and oxygen atoms in total. The molecule has 134 valence electrons. The van der Waals surface area contributed by atoms with E-state index in [4.69, 9.17) is 33.0 Å². The van der Waals surface area contributed by atoms with Crippen LogP contribution in [-0.2, 0) is 14.6 Å². The number of ether oxygens (including phenoxy) is 1. The zero-order valence-electron chi connectivity index (χ0n) is 13.5. The Bertz CT molecular complexity index is 909. The lowest BCUT2D eigenvalue weighted by atomic mass is 10.0. The number of rotatable bonds is 6. The van der Waals surface area contributed by atoms with Gasteiger partial charge in [-0.15, -0.1) is 0 Å². The first-order valence-electron chi connectivity index (χ1n) is 7.37. The van der Waals surface area contributed by atoms with E-state index in [1.165, 1.54) is 19.1 Å². The molecule has 8 heteroatoms. The molecule has 1 N–H and O–H groups in total. The highest BCUT2D eigenvalue weighted by atomic mass is 35.5. The van der Waals surface area contributed by atoms with Crippen LogP contribution in [0.5, 0.6) is 5.75 Å². The number of hydrogen-bond acceptors (Lipinski definition) is 4. The second-order valence-corrected chi connectivity index (χ2v) is 8.41. The molecule has 1 atom stereocenters. The summed E-state index contributed by atoms with van der Waals surface area (Å²) in [7, 11) is -3.39. The first-order valence-corrected chi connectivity index (χ1v) is 9.78. The third kappa shape index (κ3) is 4.45. The number of carbonyl (C=O) groups is 1. The summed E-state index contributed by atoms with van der Waals surface area (Å²) in [5.74, 6) is -0.867. The molecule has 0 radical (unpaired) electrons. The number of benzene rings is 2. The Kier molecular flexibility index (Phi) is 5.98. The Balaban J connectivity index is 2.54. The van der Waals surface area contributed by atoms with Crippen LogP contribution in [0.3, 0.4) is 0 Å². The van der Waals surface area contributed by atoms with Gasteiger partial charge in [0.25, 0.3) is 0 Å². The van der Waals surface area contributed by atoms with Crippen molar-refractivity contribution in [3.05, 3.63) is 46.4 Å². The van der Waals surface area contributed by atoms with Gasteiger partial charge in [0.15, 0.2) is 15.9 Å². The maximum Gasteiger partial charge on any atom is 0.344 e. The number of halogens is 2. The van der Waals surface area contributed by atoms with Gasteiger partial charge in [-0.1, -0.05) is 36.2 Å². The second-order valence-electron chi connectivity index (χ2n) is 5.28. The molecular formula is C17H16Cl2O5S. The summed E-state index contributed by atoms with van der Waals surface area (Å²) < 4.78 is 29.4. The van der Waals surface area contributed by atoms with Crippen LogP contribution in [0.25, 0.3) is 11.1 Å². The summed E-state index contributed by atoms with van der Waals surface area (Å²) in [6.45, 7) is 2.95. The van der Waals surface area contributed by atoms with Crippen LogP contribution in [-0.4, -0.2) is 31.4 Å². The van der Waals surface area contributed by atoms with Crippen LogP contribution < -0.4 is 4.74 Å². The topological polar surface area (TPSA) is 80.7 Å². The zero-order valence-corrected chi connectivity index (χ0v) is 15.8. The molecule has 0 amide bonds. The first kappa shape index (κ1) is 19.6. The predicted molar refractivity (Wildman–Crippen MR) is 97.4 cm³/mol. The maximum atomic E-state index is 12.0. The van der Waals surface area contributed by atoms with Gasteiger partial charge >= 0.3 is 5.97 Å². The van der Waals surface area contributed by atoms with E-state index in [-0.39, 0.29) is 21.4 Å². The molecule has 0 aliphatic heterocycles. The molecule has 0 saturated heterocycles. The lowest BCUT2D eigenvalue weighted by molar-refractivity contribution is -0.144. The molecule has 0 aliphatic rings. The van der Waals surface area contributed by atoms with Crippen LogP contribution in [0, 0.1) is 0 Å². The highest BCUT2D eigenvalue weighted by molar-refractivity contribution is 7.91. The van der Waals surface area contributed by atoms with Crippen molar-refractivity contribution in [3.63, 3.8) is 0 Å². The third-order valence-electron chi connectivity index (χ3n) is 3.56. The smallest absolute Gasteiger partial charge is 0.344 e. The average Bonchev–Trinajstić information content (AvgIpc) is 2.56. The van der Waals surface area contributed by atoms with Gasteiger partial charge in [-0.2, -0.15) is 0 Å². The molecule has 0 aliphatic carbocycles. The third-order valence-corrected chi connectivity index (χ3v) is 5.84. The largest absolute Gasteiger partial charge is 0.479 e. The van der Waals surface area contributed by atoms with E-state index in [0.717, 1.165) is 0 Å². The second kappa shape index (κ2) is 7.64. The maximum absolute atomic E-state index is 12.0. The fourth-order valence-electron chi connectivity index (χ4n) is 2.13. The standard InChI is InChI=1S/C17H16Cl2O5S/c1-3-25(22,23)12-5-6-13(15(19)9-12)14-8-11(18)4-7-16(14)24-10(2)17(20)21/h4-10H,3H2,1-2H3,(H,20,21)/t10-/m0/s1. The van der Waals surface area contributed by atoms with Gasteiger partial charge in [0.2, 0.25) is 0 Å². The van der Waals surface area contributed by atoms with E-state index in [1.807, 2.05) is 0 Å². The number of hydrogen-bond donors (Lipinski definition) is 1. The Labute approximate surface area is 156 Å². The minimum absolute atomic E-state index is 0.0374. The Morgan fingerprint density at radius 1 is 1.16 bits per heavy atom. The van der Waals surface area contributed by atoms with Crippen LogP contribution in [0.2, 0.25) is 10.0 Å². The molecule has 0 fully saturated rings. The molecular weight excluding hydrogens is 387 g/mol. The van der Waals surface area contributed by atoms with Crippen LogP contribution in [0.1, 0.15) is 13.8 Å². The molecule has 0 heterocycles. The molecule has 2 aromatic carbocycles. The van der Waals surface area contributed by atoms with Gasteiger partial charge in [0.1, 0.15) is 5.75 Å². The number of aliphatic carboxylic acids is 1. The lowest BCUT2D eigenvalue weighted by Crippen LogP contribution is -2.23. The molecule has 2 aromatic rings. The first-order chi connectivity index (χ1) is 11.7. The van der Waals surface area contributed by atoms with Crippen molar-refractivity contribution >= 4 is 39.0 Å². The summed E-state index contributed by atoms with van der Waals surface area (Å²) >= 11 is 12.3. The van der Waals surface area contributed by atoms with Crippen molar-refractivity contribution in [2.24, 2.45) is 0 Å². The van der Waals surface area contributed by atoms with E-state index in [2.05, 4.69) is 0 Å². The minimum atomic E-state index is -3.39. The van der Waals surface area contributed by atoms with Crippen LogP contribution in [0.15, 0.2) is 41.3 Å². The molecule has 0 spiro atoms. The molecule has 2 rings (SSSR count). The molecule has 0 bridgehead atoms. The summed E-state index contributed by atoms with van der Waals surface area (Å²) in [5, 5.41) is 9.63. The summed E-state index contributed by atoms with van der Waals surface area (Å²) in [6, 6.07) is 9.06. The fourth-order valence-corrected chi connectivity index (χ4v) is 3.56. The van der Waals surface area contributed by atoms with Crippen molar-refractivity contribution < 1.29 is 23.1 Å². The van der Waals surface area contributed by atoms with E-state index < -0.39 is 21.9 Å². The summed E-state index contributed by atoms with van der Waals surface area (Å²) in [5.41, 5.74) is 0.970. The summed E-state index contributed by atoms with van der Waals surface area (Å²) in [4.78, 5) is 11.1. The number of carboxylic acids is 1. The predicted octanol–water partition coefficient (Wildman–Crippen LogP) is 4.31. The fraction of sp³-hybridized carbons (Fsp3) is 0.235. The lowest BCUT2D eigenvalue weighted by Gasteiger charge is -2.16. The van der Waals surface area contributed by atoms with Crippen molar-refractivity contribution in [2.45, 2.75) is 24.8 Å². The zero-order chi connectivity index (χ0) is 18.8. The van der Waals surface area contributed by atoms with E-state index in [1.54, 1.807) is 31.2 Å². The minimum Gasteiger partial charge on any atom is -0.479 e. The Hall–Kier alpha value is -1.76. The van der Waals surface area contributed by atoms with Crippen LogP contribution in [0.4, 0.5) is 0 Å². The van der Waals surface area contributed by atoms with Gasteiger partial charge in [0, 0.05) is 21.2 Å². The number of sulfone groups is 1. The van der Waals surface area contributed by atoms with Crippen molar-refractivity contribution in [3.8, 4) is 16.9 Å². The van der Waals surface area contributed by atoms with Gasteiger partial charge in [-0.25, -0.2) is 13.2 Å². The normalized spacial score (nSPS) is 12.6. The van der Waals surface area contributed by atoms with E-state index >= 15 is 0 Å². The highest BCUT2D eigenvalue weighted by Crippen LogP contribution is 2.38. The van der Waals surface area contributed by atoms with Crippen molar-refractivity contribution in [1.82, 2.24) is 0 Å². The quantitative estimate of drug-likeness (QED) is 0.778. The highest BCUT2D eigenvalue weighted by Gasteiger charge is 2.19. The van der Waals surface area contributed by atoms with E-state index in [9.17, 15) is 13.2 Å². The monoisotopic (exact) mass is 402 g/mol. The van der Waals surface area contributed by atoms with E-state index in [0.29, 0.717) is 16.1 Å². The van der Waals surface area contributed by atoms with Crippen LogP contribution >= 0.6 is 23.2 Å². The van der Waals surface area contributed by atoms with Gasteiger partial charge in [-0.05, 0) is 37.3 Å². The molecule has 0 aromatic heterocycles. The molecule has 0 saturated carbocycles.